The van der Waals surface area contributed by atoms with Gasteiger partial charge in [-0.3, -0.25) is 0 Å². The summed E-state index contributed by atoms with van der Waals surface area (Å²) in [5, 5.41) is 7.39. The topological polar surface area (TPSA) is 8.17 Å². The number of para-hydroxylation sites is 3. The molecule has 1 heterocycles. The van der Waals surface area contributed by atoms with E-state index in [1.54, 1.807) is 0 Å². The van der Waals surface area contributed by atoms with Crippen molar-refractivity contribution in [3.05, 3.63) is 279 Å². The maximum absolute atomic E-state index is 2.46. The highest BCUT2D eigenvalue weighted by molar-refractivity contribution is 6.10. The minimum atomic E-state index is 1.06. The van der Waals surface area contributed by atoms with Crippen molar-refractivity contribution in [3.63, 3.8) is 0 Å². The predicted molar refractivity (Wildman–Crippen MR) is 298 cm³/mol. The van der Waals surface area contributed by atoms with Crippen LogP contribution in [-0.2, 0) is 0 Å². The third kappa shape index (κ3) is 7.22. The number of nitrogens with zero attached hydrogens (tertiary/aromatic N) is 2. The Morgan fingerprint density at radius 2 is 0.686 bits per heavy atom. The van der Waals surface area contributed by atoms with Crippen LogP contribution in [0.1, 0.15) is 0 Å². The Hall–Kier alpha value is -9.24. The van der Waals surface area contributed by atoms with Crippen LogP contribution in [0.2, 0.25) is 0 Å². The van der Waals surface area contributed by atoms with Gasteiger partial charge in [0.25, 0.3) is 0 Å². The Kier molecular flexibility index (Phi) is 10.2. The van der Waals surface area contributed by atoms with Gasteiger partial charge in [-0.2, -0.15) is 0 Å². The molecule has 0 fully saturated rings. The number of aromatic nitrogens is 1. The molecule has 328 valence electrons. The standard InChI is InChI=1S/C68H46N2/c1-2-17-47(18-3-1)52-23-14-24-53(45-52)48-35-40-55(41-36-48)69(56-42-37-51(38-43-56)60-27-8-11-32-65(60)70-66-33-12-9-28-62(66)63-29-10-13-34-67(63)70)68-46-54(59-30-15-21-49-19-4-6-25-57(49)59)39-44-64(68)61-31-16-22-50-20-5-7-26-58(50)61/h1-46H. The Balaban J connectivity index is 1.00. The summed E-state index contributed by atoms with van der Waals surface area (Å²) in [5.41, 5.74) is 18.5. The fourth-order valence-corrected chi connectivity index (χ4v) is 10.7. The van der Waals surface area contributed by atoms with Crippen molar-refractivity contribution in [1.29, 1.82) is 0 Å². The first kappa shape index (κ1) is 41.0. The van der Waals surface area contributed by atoms with Crippen LogP contribution in [0.15, 0.2) is 279 Å². The highest BCUT2D eigenvalue weighted by Gasteiger charge is 2.22. The normalized spacial score (nSPS) is 11.4. The van der Waals surface area contributed by atoms with Gasteiger partial charge in [-0.05, 0) is 121 Å². The van der Waals surface area contributed by atoms with Crippen molar-refractivity contribution in [2.75, 3.05) is 4.90 Å². The highest BCUT2D eigenvalue weighted by atomic mass is 15.1. The van der Waals surface area contributed by atoms with E-state index in [0.717, 1.165) is 45.0 Å². The van der Waals surface area contributed by atoms with Crippen molar-refractivity contribution >= 4 is 60.4 Å². The fourth-order valence-electron chi connectivity index (χ4n) is 10.7. The number of hydrogen-bond acceptors (Lipinski definition) is 1. The second kappa shape index (κ2) is 17.4. The van der Waals surface area contributed by atoms with Crippen molar-refractivity contribution < 1.29 is 0 Å². The molecule has 0 aliphatic carbocycles. The van der Waals surface area contributed by atoms with Crippen LogP contribution in [0.4, 0.5) is 17.1 Å². The average molecular weight is 891 g/mol. The molecule has 0 bridgehead atoms. The Morgan fingerprint density at radius 1 is 0.243 bits per heavy atom. The first-order valence-corrected chi connectivity index (χ1v) is 24.1. The summed E-state index contributed by atoms with van der Waals surface area (Å²) < 4.78 is 2.42. The van der Waals surface area contributed by atoms with E-state index in [9.17, 15) is 0 Å². The summed E-state index contributed by atoms with van der Waals surface area (Å²) in [4.78, 5) is 2.46. The maximum Gasteiger partial charge on any atom is 0.0546 e. The molecule has 13 rings (SSSR count). The van der Waals surface area contributed by atoms with E-state index in [1.807, 2.05) is 0 Å². The van der Waals surface area contributed by atoms with Crippen molar-refractivity contribution in [2.24, 2.45) is 0 Å². The van der Waals surface area contributed by atoms with Crippen LogP contribution in [0, 0.1) is 0 Å². The average Bonchev–Trinajstić information content (AvgIpc) is 3.78. The first-order valence-electron chi connectivity index (χ1n) is 24.1. The largest absolute Gasteiger partial charge is 0.310 e. The summed E-state index contributed by atoms with van der Waals surface area (Å²) in [6, 6.07) is 102. The van der Waals surface area contributed by atoms with Gasteiger partial charge in [0.15, 0.2) is 0 Å². The molecule has 13 aromatic rings. The molecule has 0 atom stereocenters. The van der Waals surface area contributed by atoms with Gasteiger partial charge in [0.05, 0.1) is 22.4 Å². The SMILES string of the molecule is c1ccc(-c2cccc(-c3ccc(N(c4ccc(-c5ccccc5-n5c6ccccc6c6ccccc65)cc4)c4cc(-c5cccc6ccccc56)ccc4-c4cccc5ccccc45)cc3)c2)cc1. The number of anilines is 3. The quantitative estimate of drug-likeness (QED) is 0.140. The summed E-state index contributed by atoms with van der Waals surface area (Å²) in [7, 11) is 0. The molecule has 0 saturated heterocycles. The summed E-state index contributed by atoms with van der Waals surface area (Å²) in [5.74, 6) is 0. The lowest BCUT2D eigenvalue weighted by molar-refractivity contribution is 1.18. The molecular formula is C68H46N2. The van der Waals surface area contributed by atoms with E-state index in [-0.39, 0.29) is 0 Å². The van der Waals surface area contributed by atoms with Gasteiger partial charge in [0.2, 0.25) is 0 Å². The van der Waals surface area contributed by atoms with Gasteiger partial charge in [0, 0.05) is 33.3 Å². The van der Waals surface area contributed by atoms with Gasteiger partial charge < -0.3 is 9.47 Å². The zero-order valence-corrected chi connectivity index (χ0v) is 38.5. The first-order chi connectivity index (χ1) is 34.7. The second-order valence-electron chi connectivity index (χ2n) is 18.0. The Bertz CT molecular complexity index is 3990. The Labute approximate surface area is 408 Å². The molecule has 0 amide bonds. The van der Waals surface area contributed by atoms with Crippen LogP contribution in [0.3, 0.4) is 0 Å². The minimum Gasteiger partial charge on any atom is -0.310 e. The number of rotatable bonds is 9. The number of hydrogen-bond donors (Lipinski definition) is 0. The van der Waals surface area contributed by atoms with Gasteiger partial charge in [-0.25, -0.2) is 0 Å². The summed E-state index contributed by atoms with van der Waals surface area (Å²) >= 11 is 0. The van der Waals surface area contributed by atoms with Crippen LogP contribution < -0.4 is 4.90 Å². The van der Waals surface area contributed by atoms with E-state index < -0.39 is 0 Å². The maximum atomic E-state index is 2.46. The molecule has 0 N–H and O–H groups in total. The van der Waals surface area contributed by atoms with Gasteiger partial charge in [-0.1, -0.05) is 224 Å². The smallest absolute Gasteiger partial charge is 0.0546 e. The molecule has 12 aromatic carbocycles. The van der Waals surface area contributed by atoms with Crippen LogP contribution in [0.25, 0.3) is 105 Å². The molecule has 2 nitrogen and oxygen atoms in total. The van der Waals surface area contributed by atoms with Gasteiger partial charge >= 0.3 is 0 Å². The number of benzene rings is 12. The molecule has 0 saturated carbocycles. The van der Waals surface area contributed by atoms with E-state index >= 15 is 0 Å². The summed E-state index contributed by atoms with van der Waals surface area (Å²) in [6.45, 7) is 0. The molecule has 0 aliphatic rings. The lowest BCUT2D eigenvalue weighted by atomic mass is 9.92. The summed E-state index contributed by atoms with van der Waals surface area (Å²) in [6.07, 6.45) is 0. The molecule has 0 radical (unpaired) electrons. The highest BCUT2D eigenvalue weighted by Crippen LogP contribution is 2.46. The molecule has 0 aliphatic heterocycles. The molecule has 0 spiro atoms. The molecule has 2 heteroatoms. The molecule has 70 heavy (non-hydrogen) atoms. The van der Waals surface area contributed by atoms with Crippen LogP contribution in [-0.4, -0.2) is 4.57 Å². The Morgan fingerprint density at radius 3 is 1.34 bits per heavy atom. The fraction of sp³-hybridized carbons (Fsp3) is 0. The predicted octanol–water partition coefficient (Wildman–Crippen LogP) is 18.9. The van der Waals surface area contributed by atoms with Crippen molar-refractivity contribution in [1.82, 2.24) is 4.57 Å². The van der Waals surface area contributed by atoms with Crippen LogP contribution >= 0.6 is 0 Å². The molecule has 1 aromatic heterocycles. The molecule has 0 unspecified atom stereocenters. The zero-order valence-electron chi connectivity index (χ0n) is 38.5. The van der Waals surface area contributed by atoms with Crippen LogP contribution in [0.5, 0.6) is 0 Å². The van der Waals surface area contributed by atoms with E-state index in [2.05, 4.69) is 289 Å². The lowest BCUT2D eigenvalue weighted by Gasteiger charge is -2.29. The zero-order chi connectivity index (χ0) is 46.4. The van der Waals surface area contributed by atoms with Gasteiger partial charge in [0.1, 0.15) is 0 Å². The molecular weight excluding hydrogens is 845 g/mol. The van der Waals surface area contributed by atoms with Crippen molar-refractivity contribution in [2.45, 2.75) is 0 Å². The third-order valence-electron chi connectivity index (χ3n) is 14.0. The van der Waals surface area contributed by atoms with Crippen molar-refractivity contribution in [3.8, 4) is 61.3 Å². The minimum absolute atomic E-state index is 1.06. The van der Waals surface area contributed by atoms with E-state index in [1.165, 1.54) is 76.7 Å². The second-order valence-corrected chi connectivity index (χ2v) is 18.0. The monoisotopic (exact) mass is 890 g/mol. The van der Waals surface area contributed by atoms with E-state index in [0.29, 0.717) is 0 Å². The third-order valence-corrected chi connectivity index (χ3v) is 14.0. The lowest BCUT2D eigenvalue weighted by Crippen LogP contribution is -2.11. The van der Waals surface area contributed by atoms with Gasteiger partial charge in [-0.15, -0.1) is 0 Å². The van der Waals surface area contributed by atoms with E-state index in [4.69, 9.17) is 0 Å². The number of fused-ring (bicyclic) bond motifs is 5.